The van der Waals surface area contributed by atoms with Gasteiger partial charge in [0, 0.05) is 24.4 Å². The molecule has 1 N–H and O–H groups in total. The number of nitriles is 1. The molecule has 7 nitrogen and oxygen atoms in total. The summed E-state index contributed by atoms with van der Waals surface area (Å²) in [5.41, 5.74) is 0.157. The molecule has 3 aromatic rings. The Morgan fingerprint density at radius 1 is 1.25 bits per heavy atom. The number of benzene rings is 1. The lowest BCUT2D eigenvalue weighted by molar-refractivity contribution is -0.147. The van der Waals surface area contributed by atoms with E-state index in [0.717, 1.165) is 24.8 Å². The number of alkyl halides is 5. The molecule has 0 saturated heterocycles. The Kier molecular flexibility index (Phi) is 6.65. The van der Waals surface area contributed by atoms with Gasteiger partial charge in [0.25, 0.3) is 0 Å². The van der Waals surface area contributed by atoms with Crippen LogP contribution in [0.25, 0.3) is 22.3 Å². The predicted octanol–water partition coefficient (Wildman–Crippen LogP) is 5.27. The van der Waals surface area contributed by atoms with Crippen LogP contribution < -0.4 is 9.46 Å². The molecule has 0 aliphatic heterocycles. The van der Waals surface area contributed by atoms with Gasteiger partial charge in [-0.05, 0) is 38.3 Å². The van der Waals surface area contributed by atoms with Crippen LogP contribution in [-0.2, 0) is 10.0 Å². The Morgan fingerprint density at radius 3 is 2.44 bits per heavy atom. The van der Waals surface area contributed by atoms with Crippen LogP contribution >= 0.6 is 0 Å². The minimum absolute atomic E-state index is 0.0493. The summed E-state index contributed by atoms with van der Waals surface area (Å²) in [5, 5.41) is 9.70. The number of pyridine rings is 1. The number of ether oxygens (including phenoxy) is 1. The smallest absolute Gasteiger partial charge is 0.404 e. The van der Waals surface area contributed by atoms with Crippen molar-refractivity contribution in [2.24, 2.45) is 0 Å². The zero-order chi connectivity index (χ0) is 26.4. The first-order valence-corrected chi connectivity index (χ1v) is 12.1. The van der Waals surface area contributed by atoms with Crippen molar-refractivity contribution in [1.82, 2.24) is 14.3 Å². The number of fused-ring (bicyclic) bond motifs is 1. The number of sulfonamides is 1. The zero-order valence-corrected chi connectivity index (χ0v) is 19.3. The molecule has 192 valence electrons. The highest BCUT2D eigenvalue weighted by molar-refractivity contribution is 7.89. The standard InChI is InChI=1S/C22H18F6N4O3S/c1-11(22(26,27)28)31-36(33,34)14-5-6-17(30-10-14)20-15(9-29)19-16(23)7-13(35-21(24)25)8-18(19)32(20)12-3-2-4-12/h5-8,10-12,21,31H,2-4H2,1H3/t11-/m0/s1. The first-order valence-electron chi connectivity index (χ1n) is 10.6. The van der Waals surface area contributed by atoms with E-state index in [4.69, 9.17) is 0 Å². The van der Waals surface area contributed by atoms with Crippen LogP contribution in [0, 0.1) is 17.1 Å². The number of hydrogen-bond acceptors (Lipinski definition) is 5. The van der Waals surface area contributed by atoms with E-state index in [2.05, 4.69) is 9.72 Å². The minimum Gasteiger partial charge on any atom is -0.435 e. The van der Waals surface area contributed by atoms with E-state index in [1.165, 1.54) is 16.9 Å². The number of aromatic nitrogens is 2. The molecule has 1 fully saturated rings. The van der Waals surface area contributed by atoms with E-state index in [-0.39, 0.29) is 33.9 Å². The summed E-state index contributed by atoms with van der Waals surface area (Å²) in [4.78, 5) is 3.49. The Labute approximate surface area is 201 Å². The van der Waals surface area contributed by atoms with Gasteiger partial charge in [0.05, 0.1) is 27.9 Å². The van der Waals surface area contributed by atoms with Crippen LogP contribution in [0.1, 0.15) is 37.8 Å². The first kappa shape index (κ1) is 25.8. The van der Waals surface area contributed by atoms with Crippen molar-refractivity contribution in [1.29, 1.82) is 5.26 Å². The SMILES string of the molecule is C[C@H](NS(=O)(=O)c1ccc(-c2c(C#N)c3c(F)cc(OC(F)F)cc3n2C2CCC2)nc1)C(F)(F)F. The largest absolute Gasteiger partial charge is 0.435 e. The highest BCUT2D eigenvalue weighted by atomic mass is 32.2. The lowest BCUT2D eigenvalue weighted by Crippen LogP contribution is -2.42. The fraction of sp³-hybridized carbons (Fsp3) is 0.364. The number of nitrogens with one attached hydrogen (secondary N) is 1. The van der Waals surface area contributed by atoms with Crippen molar-refractivity contribution in [3.63, 3.8) is 0 Å². The van der Waals surface area contributed by atoms with Crippen LogP contribution in [0.3, 0.4) is 0 Å². The van der Waals surface area contributed by atoms with Gasteiger partial charge in [0.1, 0.15) is 28.6 Å². The number of halogens is 6. The van der Waals surface area contributed by atoms with Crippen LogP contribution in [0.2, 0.25) is 0 Å². The molecule has 0 unspecified atom stereocenters. The molecule has 0 bridgehead atoms. The molecule has 0 radical (unpaired) electrons. The third-order valence-corrected chi connectivity index (χ3v) is 7.45. The molecule has 1 atom stereocenters. The summed E-state index contributed by atoms with van der Waals surface area (Å²) in [6, 6.07) is 3.47. The van der Waals surface area contributed by atoms with Crippen molar-refractivity contribution >= 4 is 20.9 Å². The molecule has 14 heteroatoms. The van der Waals surface area contributed by atoms with Gasteiger partial charge in [-0.1, -0.05) is 0 Å². The van der Waals surface area contributed by atoms with Crippen molar-refractivity contribution in [3.8, 4) is 23.2 Å². The molecule has 1 aliphatic carbocycles. The van der Waals surface area contributed by atoms with E-state index < -0.39 is 45.3 Å². The van der Waals surface area contributed by atoms with Crippen LogP contribution in [0.15, 0.2) is 35.4 Å². The van der Waals surface area contributed by atoms with Gasteiger partial charge in [0.15, 0.2) is 0 Å². The topological polar surface area (TPSA) is 97.0 Å². The minimum atomic E-state index is -4.80. The van der Waals surface area contributed by atoms with Crippen LogP contribution in [0.4, 0.5) is 26.3 Å². The number of nitrogens with zero attached hydrogens (tertiary/aromatic N) is 3. The van der Waals surface area contributed by atoms with Crippen molar-refractivity contribution in [2.75, 3.05) is 0 Å². The normalized spacial score (nSPS) is 15.6. The highest BCUT2D eigenvalue weighted by Gasteiger charge is 2.39. The number of rotatable bonds is 7. The fourth-order valence-corrected chi connectivity index (χ4v) is 5.14. The second-order valence-corrected chi connectivity index (χ2v) is 9.95. The maximum Gasteiger partial charge on any atom is 0.404 e. The van der Waals surface area contributed by atoms with Gasteiger partial charge in [0.2, 0.25) is 10.0 Å². The zero-order valence-electron chi connectivity index (χ0n) is 18.5. The molecule has 0 amide bonds. The maximum absolute atomic E-state index is 15.0. The van der Waals surface area contributed by atoms with Crippen LogP contribution in [0.5, 0.6) is 5.75 Å². The van der Waals surface area contributed by atoms with E-state index in [1.54, 1.807) is 4.57 Å². The summed E-state index contributed by atoms with van der Waals surface area (Å²) in [5.74, 6) is -1.41. The average molecular weight is 532 g/mol. The molecule has 2 aromatic heterocycles. The molecular formula is C22H18F6N4O3S. The number of hydrogen-bond donors (Lipinski definition) is 1. The molecule has 1 saturated carbocycles. The van der Waals surface area contributed by atoms with E-state index >= 15 is 0 Å². The fourth-order valence-electron chi connectivity index (χ4n) is 3.97. The van der Waals surface area contributed by atoms with Gasteiger partial charge in [-0.3, -0.25) is 4.98 Å². The summed E-state index contributed by atoms with van der Waals surface area (Å²) < 4.78 is 111. The van der Waals surface area contributed by atoms with Crippen molar-refractivity contribution < 1.29 is 39.5 Å². The molecule has 1 aromatic carbocycles. The third-order valence-electron chi connectivity index (χ3n) is 5.92. The summed E-state index contributed by atoms with van der Waals surface area (Å²) in [7, 11) is -4.58. The predicted molar refractivity (Wildman–Crippen MR) is 115 cm³/mol. The first-order chi connectivity index (χ1) is 16.8. The summed E-state index contributed by atoms with van der Waals surface area (Å²) in [6.45, 7) is -2.55. The molecule has 2 heterocycles. The lowest BCUT2D eigenvalue weighted by atomic mass is 9.92. The molecular weight excluding hydrogens is 514 g/mol. The van der Waals surface area contributed by atoms with Crippen LogP contribution in [-0.4, -0.2) is 36.8 Å². The van der Waals surface area contributed by atoms with Gasteiger partial charge in [-0.15, -0.1) is 0 Å². The summed E-state index contributed by atoms with van der Waals surface area (Å²) in [6.07, 6.45) is -1.85. The second kappa shape index (κ2) is 9.29. The van der Waals surface area contributed by atoms with E-state index in [0.29, 0.717) is 19.8 Å². The van der Waals surface area contributed by atoms with Gasteiger partial charge < -0.3 is 9.30 Å². The summed E-state index contributed by atoms with van der Waals surface area (Å²) >= 11 is 0. The molecule has 1 aliphatic rings. The Hall–Kier alpha value is -3.31. The van der Waals surface area contributed by atoms with Gasteiger partial charge in [-0.2, -0.15) is 31.9 Å². The Balaban J connectivity index is 1.84. The monoisotopic (exact) mass is 532 g/mol. The third kappa shape index (κ3) is 4.72. The Morgan fingerprint density at radius 2 is 1.94 bits per heavy atom. The van der Waals surface area contributed by atoms with E-state index in [1.807, 2.05) is 6.07 Å². The second-order valence-electron chi connectivity index (χ2n) is 8.23. The van der Waals surface area contributed by atoms with Crippen molar-refractivity contribution in [2.45, 2.75) is 56.0 Å². The quantitative estimate of drug-likeness (QED) is 0.418. The molecule has 36 heavy (non-hydrogen) atoms. The molecule has 0 spiro atoms. The lowest BCUT2D eigenvalue weighted by Gasteiger charge is -2.30. The van der Waals surface area contributed by atoms with Gasteiger partial charge in [-0.25, -0.2) is 12.8 Å². The average Bonchev–Trinajstić information content (AvgIpc) is 3.05. The van der Waals surface area contributed by atoms with Crippen molar-refractivity contribution in [3.05, 3.63) is 41.8 Å². The van der Waals surface area contributed by atoms with E-state index in [9.17, 15) is 40.0 Å². The Bertz CT molecular complexity index is 1440. The molecule has 4 rings (SSSR count). The van der Waals surface area contributed by atoms with Gasteiger partial charge >= 0.3 is 12.8 Å². The highest BCUT2D eigenvalue weighted by Crippen LogP contribution is 2.44. The maximum atomic E-state index is 15.0.